The molecule has 1 fully saturated rings. The number of nitrogens with one attached hydrogen (secondary N) is 1. The minimum atomic E-state index is -0.0709. The molecule has 1 aliphatic rings. The number of anilines is 1. The fourth-order valence-electron chi connectivity index (χ4n) is 2.62. The first kappa shape index (κ1) is 16.6. The van der Waals surface area contributed by atoms with Crippen LogP contribution in [0, 0.1) is 5.92 Å². The van der Waals surface area contributed by atoms with Gasteiger partial charge in [-0.15, -0.1) is 0 Å². The fraction of sp³-hybridized carbons (Fsp3) is 0.533. The van der Waals surface area contributed by atoms with Crippen molar-refractivity contribution in [1.29, 1.82) is 0 Å². The molecule has 1 atom stereocenters. The van der Waals surface area contributed by atoms with E-state index in [4.69, 9.17) is 28.9 Å². The molecule has 1 saturated heterocycles. The summed E-state index contributed by atoms with van der Waals surface area (Å²) in [6.07, 6.45) is 2.09. The molecule has 0 aliphatic carbocycles. The number of rotatable bonds is 4. The lowest BCUT2D eigenvalue weighted by Gasteiger charge is -2.33. The first-order valence-corrected chi connectivity index (χ1v) is 7.94. The van der Waals surface area contributed by atoms with E-state index in [-0.39, 0.29) is 11.9 Å². The molecule has 1 aromatic carbocycles. The van der Waals surface area contributed by atoms with Crippen LogP contribution in [0.2, 0.25) is 10.0 Å². The third kappa shape index (κ3) is 4.85. The maximum Gasteiger partial charge on any atom is 0.238 e. The molecule has 3 N–H and O–H groups in total. The first-order chi connectivity index (χ1) is 9.95. The first-order valence-electron chi connectivity index (χ1n) is 7.18. The van der Waals surface area contributed by atoms with Gasteiger partial charge in [0.25, 0.3) is 0 Å². The summed E-state index contributed by atoms with van der Waals surface area (Å²) >= 11 is 11.9. The molecular weight excluding hydrogens is 309 g/mol. The average molecular weight is 330 g/mol. The van der Waals surface area contributed by atoms with Gasteiger partial charge in [-0.1, -0.05) is 23.2 Å². The Kier molecular flexibility index (Phi) is 5.88. The van der Waals surface area contributed by atoms with Crippen molar-refractivity contribution in [1.82, 2.24) is 4.90 Å². The average Bonchev–Trinajstić information content (AvgIpc) is 2.43. The second-order valence-corrected chi connectivity index (χ2v) is 6.49. The number of nitrogens with two attached hydrogens (primary N) is 1. The van der Waals surface area contributed by atoms with Crippen molar-refractivity contribution in [3.05, 3.63) is 28.2 Å². The Hall–Kier alpha value is -0.810. The molecule has 0 spiro atoms. The number of halogens is 2. The van der Waals surface area contributed by atoms with E-state index in [1.165, 1.54) is 0 Å². The Balaban J connectivity index is 1.84. The van der Waals surface area contributed by atoms with Crippen LogP contribution in [0.5, 0.6) is 0 Å². The Bertz CT molecular complexity index is 500. The lowest BCUT2D eigenvalue weighted by atomic mass is 9.91. The summed E-state index contributed by atoms with van der Waals surface area (Å²) in [7, 11) is 0. The molecule has 1 heterocycles. The summed E-state index contributed by atoms with van der Waals surface area (Å²) in [5.74, 6) is 0.491. The number of benzene rings is 1. The SMILES string of the molecule is CC(N)C1CCN(CC(=O)Nc2cc(Cl)ccc2Cl)CC1. The van der Waals surface area contributed by atoms with Crippen molar-refractivity contribution in [3.63, 3.8) is 0 Å². The van der Waals surface area contributed by atoms with Crippen molar-refractivity contribution in [2.24, 2.45) is 11.7 Å². The summed E-state index contributed by atoms with van der Waals surface area (Å²) < 4.78 is 0. The molecule has 21 heavy (non-hydrogen) atoms. The monoisotopic (exact) mass is 329 g/mol. The van der Waals surface area contributed by atoms with Crippen LogP contribution in [0.25, 0.3) is 0 Å². The lowest BCUT2D eigenvalue weighted by Crippen LogP contribution is -2.42. The van der Waals surface area contributed by atoms with Crippen molar-refractivity contribution >= 4 is 34.8 Å². The molecule has 1 amide bonds. The van der Waals surface area contributed by atoms with Crippen LogP contribution in [0.3, 0.4) is 0 Å². The Morgan fingerprint density at radius 2 is 2.10 bits per heavy atom. The minimum absolute atomic E-state index is 0.0709. The minimum Gasteiger partial charge on any atom is -0.328 e. The predicted molar refractivity (Wildman–Crippen MR) is 87.9 cm³/mol. The van der Waals surface area contributed by atoms with Crippen LogP contribution >= 0.6 is 23.2 Å². The molecule has 1 unspecified atom stereocenters. The van der Waals surface area contributed by atoms with E-state index in [1.54, 1.807) is 18.2 Å². The Morgan fingerprint density at radius 3 is 2.71 bits per heavy atom. The van der Waals surface area contributed by atoms with Crippen molar-refractivity contribution in [2.45, 2.75) is 25.8 Å². The summed E-state index contributed by atoms with van der Waals surface area (Å²) in [6, 6.07) is 5.25. The highest BCUT2D eigenvalue weighted by atomic mass is 35.5. The highest BCUT2D eigenvalue weighted by Crippen LogP contribution is 2.25. The van der Waals surface area contributed by atoms with Crippen LogP contribution in [-0.4, -0.2) is 36.5 Å². The van der Waals surface area contributed by atoms with Gasteiger partial charge in [-0.05, 0) is 57.0 Å². The number of hydrogen-bond donors (Lipinski definition) is 2. The van der Waals surface area contributed by atoms with Gasteiger partial charge < -0.3 is 11.1 Å². The van der Waals surface area contributed by atoms with E-state index < -0.39 is 0 Å². The largest absolute Gasteiger partial charge is 0.328 e. The van der Waals surface area contributed by atoms with Gasteiger partial charge in [-0.3, -0.25) is 9.69 Å². The number of carbonyl (C=O) groups is 1. The molecule has 0 bridgehead atoms. The third-order valence-electron chi connectivity index (χ3n) is 3.95. The molecule has 4 nitrogen and oxygen atoms in total. The Labute approximate surface area is 135 Å². The van der Waals surface area contributed by atoms with Crippen molar-refractivity contribution < 1.29 is 4.79 Å². The number of carbonyl (C=O) groups excluding carboxylic acids is 1. The number of nitrogens with zero attached hydrogens (tertiary/aromatic N) is 1. The molecule has 6 heteroatoms. The zero-order chi connectivity index (χ0) is 15.4. The van der Waals surface area contributed by atoms with Gasteiger partial charge in [0.1, 0.15) is 0 Å². The van der Waals surface area contributed by atoms with Gasteiger partial charge in [0.05, 0.1) is 17.3 Å². The number of likely N-dealkylation sites (tertiary alicyclic amines) is 1. The van der Waals surface area contributed by atoms with E-state index in [1.807, 2.05) is 6.92 Å². The summed E-state index contributed by atoms with van der Waals surface area (Å²) in [5.41, 5.74) is 6.48. The van der Waals surface area contributed by atoms with Gasteiger partial charge in [0.15, 0.2) is 0 Å². The van der Waals surface area contributed by atoms with E-state index in [9.17, 15) is 4.79 Å². The van der Waals surface area contributed by atoms with Crippen LogP contribution in [-0.2, 0) is 4.79 Å². The molecule has 0 radical (unpaired) electrons. The standard InChI is InChI=1S/C15H21Cl2N3O/c1-10(18)11-4-6-20(7-5-11)9-15(21)19-14-8-12(16)2-3-13(14)17/h2-3,8,10-11H,4-7,9,18H2,1H3,(H,19,21). The summed E-state index contributed by atoms with van der Waals surface area (Å²) in [6.45, 7) is 4.23. The van der Waals surface area contributed by atoms with Crippen LogP contribution in [0.15, 0.2) is 18.2 Å². The highest BCUT2D eigenvalue weighted by Gasteiger charge is 2.23. The van der Waals surface area contributed by atoms with E-state index in [0.717, 1.165) is 25.9 Å². The molecule has 2 rings (SSSR count). The highest BCUT2D eigenvalue weighted by molar-refractivity contribution is 6.35. The van der Waals surface area contributed by atoms with Crippen molar-refractivity contribution in [2.75, 3.05) is 25.0 Å². The molecular formula is C15H21Cl2N3O. The fourth-order valence-corrected chi connectivity index (χ4v) is 2.96. The van der Waals surface area contributed by atoms with E-state index >= 15 is 0 Å². The van der Waals surface area contributed by atoms with Gasteiger partial charge >= 0.3 is 0 Å². The number of piperidine rings is 1. The van der Waals surface area contributed by atoms with Gasteiger partial charge in [-0.25, -0.2) is 0 Å². The molecule has 0 aromatic heterocycles. The topological polar surface area (TPSA) is 58.4 Å². The maximum absolute atomic E-state index is 12.1. The van der Waals surface area contributed by atoms with Crippen LogP contribution in [0.1, 0.15) is 19.8 Å². The second-order valence-electron chi connectivity index (χ2n) is 5.65. The zero-order valence-corrected chi connectivity index (χ0v) is 13.6. The molecule has 1 aliphatic heterocycles. The number of hydrogen-bond acceptors (Lipinski definition) is 3. The number of amides is 1. The van der Waals surface area contributed by atoms with E-state index in [2.05, 4.69) is 10.2 Å². The third-order valence-corrected chi connectivity index (χ3v) is 4.51. The van der Waals surface area contributed by atoms with Crippen molar-refractivity contribution in [3.8, 4) is 0 Å². The van der Waals surface area contributed by atoms with Crippen LogP contribution < -0.4 is 11.1 Å². The van der Waals surface area contributed by atoms with E-state index in [0.29, 0.717) is 28.2 Å². The quantitative estimate of drug-likeness (QED) is 0.892. The summed E-state index contributed by atoms with van der Waals surface area (Å²) in [4.78, 5) is 14.2. The Morgan fingerprint density at radius 1 is 1.43 bits per heavy atom. The predicted octanol–water partition coefficient (Wildman–Crippen LogP) is 2.99. The van der Waals surface area contributed by atoms with Gasteiger partial charge in [0, 0.05) is 11.1 Å². The zero-order valence-electron chi connectivity index (χ0n) is 12.1. The molecule has 116 valence electrons. The second kappa shape index (κ2) is 7.45. The molecule has 1 aromatic rings. The summed E-state index contributed by atoms with van der Waals surface area (Å²) in [5, 5.41) is 3.85. The van der Waals surface area contributed by atoms with Crippen LogP contribution in [0.4, 0.5) is 5.69 Å². The smallest absolute Gasteiger partial charge is 0.238 e. The lowest BCUT2D eigenvalue weighted by molar-refractivity contribution is -0.117. The van der Waals surface area contributed by atoms with Gasteiger partial charge in [0.2, 0.25) is 5.91 Å². The van der Waals surface area contributed by atoms with Gasteiger partial charge in [-0.2, -0.15) is 0 Å². The maximum atomic E-state index is 12.1. The normalized spacial score (nSPS) is 18.5. The molecule has 0 saturated carbocycles.